The highest BCUT2D eigenvalue weighted by Gasteiger charge is 2.12. The molecule has 2 aromatic carbocycles. The average molecular weight is 364 g/mol. The molecule has 0 saturated carbocycles. The van der Waals surface area contributed by atoms with Crippen LogP contribution in [-0.2, 0) is 17.8 Å². The summed E-state index contributed by atoms with van der Waals surface area (Å²) in [4.78, 5) is 25.8. The van der Waals surface area contributed by atoms with Crippen molar-refractivity contribution >= 4 is 22.8 Å². The van der Waals surface area contributed by atoms with E-state index in [4.69, 9.17) is 4.42 Å². The second kappa shape index (κ2) is 7.66. The van der Waals surface area contributed by atoms with Crippen LogP contribution in [0.25, 0.3) is 11.0 Å². The Labute approximate surface area is 159 Å². The molecule has 0 aliphatic rings. The molecule has 5 heteroatoms. The fourth-order valence-electron chi connectivity index (χ4n) is 2.93. The first kappa shape index (κ1) is 18.7. The fourth-order valence-corrected chi connectivity index (χ4v) is 2.93. The Kier molecular flexibility index (Phi) is 5.31. The molecule has 0 fully saturated rings. The van der Waals surface area contributed by atoms with Crippen LogP contribution in [0.3, 0.4) is 0 Å². The van der Waals surface area contributed by atoms with Crippen LogP contribution in [0.5, 0.6) is 0 Å². The van der Waals surface area contributed by atoms with Gasteiger partial charge < -0.3 is 14.6 Å². The number of benzene rings is 2. The molecule has 3 rings (SSSR count). The lowest BCUT2D eigenvalue weighted by Crippen LogP contribution is -2.24. The van der Waals surface area contributed by atoms with Crippen molar-refractivity contribution < 1.29 is 14.0 Å². The molecule has 0 saturated heterocycles. The summed E-state index contributed by atoms with van der Waals surface area (Å²) in [5, 5.41) is 3.91. The van der Waals surface area contributed by atoms with Gasteiger partial charge in [0.1, 0.15) is 5.58 Å². The van der Waals surface area contributed by atoms with E-state index in [0.29, 0.717) is 12.1 Å². The largest absolute Gasteiger partial charge is 0.464 e. The molecule has 1 N–H and O–H groups in total. The topological polar surface area (TPSA) is 62.6 Å². The van der Waals surface area contributed by atoms with E-state index >= 15 is 0 Å². The van der Waals surface area contributed by atoms with Crippen molar-refractivity contribution in [2.24, 2.45) is 0 Å². The lowest BCUT2D eigenvalue weighted by Gasteiger charge is -2.11. The highest BCUT2D eigenvalue weighted by Crippen LogP contribution is 2.25. The van der Waals surface area contributed by atoms with E-state index in [1.54, 1.807) is 32.5 Å². The molecular formula is C22H24N2O3. The summed E-state index contributed by atoms with van der Waals surface area (Å²) in [5.74, 6) is -0.104. The predicted molar refractivity (Wildman–Crippen MR) is 106 cm³/mol. The van der Waals surface area contributed by atoms with Crippen LogP contribution < -0.4 is 5.32 Å². The molecule has 0 radical (unpaired) electrons. The van der Waals surface area contributed by atoms with Crippen LogP contribution in [0.1, 0.15) is 32.6 Å². The molecule has 0 unspecified atom stereocenters. The van der Waals surface area contributed by atoms with E-state index in [1.165, 1.54) is 16.0 Å². The van der Waals surface area contributed by atoms with Gasteiger partial charge in [-0.05, 0) is 54.8 Å². The average Bonchev–Trinajstić information content (AvgIpc) is 3.01. The molecule has 5 nitrogen and oxygen atoms in total. The first-order chi connectivity index (χ1) is 12.8. The van der Waals surface area contributed by atoms with Crippen molar-refractivity contribution in [3.63, 3.8) is 0 Å². The predicted octanol–water partition coefficient (Wildman–Crippen LogP) is 3.61. The van der Waals surface area contributed by atoms with Gasteiger partial charge in [-0.1, -0.05) is 12.1 Å². The minimum Gasteiger partial charge on any atom is -0.464 e. The molecule has 1 aromatic heterocycles. The third-order valence-corrected chi connectivity index (χ3v) is 4.72. The maximum Gasteiger partial charge on any atom is 0.253 e. The first-order valence-electron chi connectivity index (χ1n) is 8.90. The number of aryl methyl sites for hydroxylation is 2. The SMILES string of the molecule is Cc1cc2occ(CC(=O)NCc3ccc(C(=O)N(C)C)cc3)c2cc1C. The molecule has 27 heavy (non-hydrogen) atoms. The number of rotatable bonds is 5. The van der Waals surface area contributed by atoms with Crippen molar-refractivity contribution in [1.29, 1.82) is 0 Å². The summed E-state index contributed by atoms with van der Waals surface area (Å²) in [6.45, 7) is 4.51. The van der Waals surface area contributed by atoms with Crippen molar-refractivity contribution in [2.75, 3.05) is 14.1 Å². The van der Waals surface area contributed by atoms with Gasteiger partial charge in [0.25, 0.3) is 5.91 Å². The third-order valence-electron chi connectivity index (χ3n) is 4.72. The fraction of sp³-hybridized carbons (Fsp3) is 0.273. The number of fused-ring (bicyclic) bond motifs is 1. The molecule has 0 aliphatic heterocycles. The van der Waals surface area contributed by atoms with Gasteiger partial charge in [0.2, 0.25) is 5.91 Å². The summed E-state index contributed by atoms with van der Waals surface area (Å²) in [6, 6.07) is 11.3. The van der Waals surface area contributed by atoms with Crippen LogP contribution in [0.4, 0.5) is 0 Å². The summed E-state index contributed by atoms with van der Waals surface area (Å²) < 4.78 is 5.59. The van der Waals surface area contributed by atoms with E-state index in [2.05, 4.69) is 18.3 Å². The van der Waals surface area contributed by atoms with Crippen LogP contribution in [0.15, 0.2) is 47.1 Å². The van der Waals surface area contributed by atoms with E-state index in [-0.39, 0.29) is 18.2 Å². The number of nitrogens with one attached hydrogen (secondary N) is 1. The number of carbonyl (C=O) groups is 2. The van der Waals surface area contributed by atoms with Gasteiger partial charge in [-0.15, -0.1) is 0 Å². The Bertz CT molecular complexity index is 985. The summed E-state index contributed by atoms with van der Waals surface area (Å²) in [5.41, 5.74) is 5.62. The van der Waals surface area contributed by atoms with Crippen molar-refractivity contribution in [3.05, 3.63) is 70.5 Å². The van der Waals surface area contributed by atoms with Gasteiger partial charge in [-0.25, -0.2) is 0 Å². The second-order valence-electron chi connectivity index (χ2n) is 7.04. The van der Waals surface area contributed by atoms with Gasteiger partial charge >= 0.3 is 0 Å². The van der Waals surface area contributed by atoms with Crippen LogP contribution in [0.2, 0.25) is 0 Å². The maximum atomic E-state index is 12.3. The van der Waals surface area contributed by atoms with E-state index in [1.807, 2.05) is 25.1 Å². The van der Waals surface area contributed by atoms with Crippen LogP contribution >= 0.6 is 0 Å². The zero-order valence-electron chi connectivity index (χ0n) is 16.1. The maximum absolute atomic E-state index is 12.3. The van der Waals surface area contributed by atoms with Crippen molar-refractivity contribution in [1.82, 2.24) is 10.2 Å². The number of furan rings is 1. The Hall–Kier alpha value is -3.08. The van der Waals surface area contributed by atoms with Gasteiger partial charge in [-0.3, -0.25) is 9.59 Å². The molecule has 0 spiro atoms. The molecule has 2 amide bonds. The van der Waals surface area contributed by atoms with Crippen molar-refractivity contribution in [2.45, 2.75) is 26.8 Å². The zero-order valence-corrected chi connectivity index (χ0v) is 16.1. The lowest BCUT2D eigenvalue weighted by molar-refractivity contribution is -0.120. The number of carbonyl (C=O) groups excluding carboxylic acids is 2. The smallest absolute Gasteiger partial charge is 0.253 e. The Morgan fingerprint density at radius 3 is 2.37 bits per heavy atom. The molecule has 3 aromatic rings. The zero-order chi connectivity index (χ0) is 19.6. The van der Waals surface area contributed by atoms with Gasteiger partial charge in [-0.2, -0.15) is 0 Å². The van der Waals surface area contributed by atoms with Gasteiger partial charge in [0.05, 0.1) is 12.7 Å². The summed E-state index contributed by atoms with van der Waals surface area (Å²) >= 11 is 0. The molecule has 0 bridgehead atoms. The standard InChI is InChI=1S/C22H24N2O3/c1-14-9-19-18(13-27-20(19)10-15(14)2)11-21(25)23-12-16-5-7-17(8-6-16)22(26)24(3)4/h5-10,13H,11-12H2,1-4H3,(H,23,25). The van der Waals surface area contributed by atoms with E-state index in [0.717, 1.165) is 22.1 Å². The summed E-state index contributed by atoms with van der Waals surface area (Å²) in [6.07, 6.45) is 1.93. The third kappa shape index (κ3) is 4.19. The molecular weight excluding hydrogens is 340 g/mol. The van der Waals surface area contributed by atoms with E-state index in [9.17, 15) is 9.59 Å². The highest BCUT2D eigenvalue weighted by molar-refractivity contribution is 5.94. The van der Waals surface area contributed by atoms with Gasteiger partial charge in [0.15, 0.2) is 0 Å². The number of nitrogens with zero attached hydrogens (tertiary/aromatic N) is 1. The highest BCUT2D eigenvalue weighted by atomic mass is 16.3. The second-order valence-corrected chi connectivity index (χ2v) is 7.04. The molecule has 140 valence electrons. The summed E-state index contributed by atoms with van der Waals surface area (Å²) in [7, 11) is 3.44. The minimum atomic E-state index is -0.0654. The minimum absolute atomic E-state index is 0.0389. The van der Waals surface area contributed by atoms with Gasteiger partial charge in [0, 0.05) is 37.2 Å². The van der Waals surface area contributed by atoms with Crippen LogP contribution in [-0.4, -0.2) is 30.8 Å². The molecule has 0 atom stereocenters. The number of amides is 2. The Morgan fingerprint density at radius 1 is 1.04 bits per heavy atom. The Balaban J connectivity index is 1.62. The van der Waals surface area contributed by atoms with Crippen molar-refractivity contribution in [3.8, 4) is 0 Å². The monoisotopic (exact) mass is 364 g/mol. The quantitative estimate of drug-likeness (QED) is 0.752. The number of hydrogen-bond acceptors (Lipinski definition) is 3. The first-order valence-corrected chi connectivity index (χ1v) is 8.90. The molecule has 1 heterocycles. The van der Waals surface area contributed by atoms with Crippen LogP contribution in [0, 0.1) is 13.8 Å². The number of hydrogen-bond donors (Lipinski definition) is 1. The lowest BCUT2D eigenvalue weighted by atomic mass is 10.0. The van der Waals surface area contributed by atoms with E-state index < -0.39 is 0 Å². The normalized spacial score (nSPS) is 10.8. The Morgan fingerprint density at radius 2 is 1.70 bits per heavy atom. The molecule has 0 aliphatic carbocycles.